The number of ketones is 1. The number of benzene rings is 1. The summed E-state index contributed by atoms with van der Waals surface area (Å²) in [5.41, 5.74) is 0.397. The van der Waals surface area contributed by atoms with E-state index in [2.05, 4.69) is 0 Å². The first kappa shape index (κ1) is 12.4. The normalized spacial score (nSPS) is 16.1. The molecule has 1 aliphatic heterocycles. The number of hydrogen-bond acceptors (Lipinski definition) is 2. The van der Waals surface area contributed by atoms with Crippen LogP contribution < -0.4 is 0 Å². The standard InChI is InChI=1S/C12H11Cl2NO2/c13-8-1-2-11(14)10(7-8)12(17)15-5-3-9(16)4-6-15/h1-2,7H,3-6H2. The maximum atomic E-state index is 12.2. The van der Waals surface area contributed by atoms with Crippen LogP contribution in [-0.4, -0.2) is 29.7 Å². The maximum absolute atomic E-state index is 12.2. The van der Waals surface area contributed by atoms with Crippen molar-refractivity contribution in [2.45, 2.75) is 12.8 Å². The summed E-state index contributed by atoms with van der Waals surface area (Å²) in [6.45, 7) is 0.918. The Hall–Kier alpha value is -1.06. The molecule has 1 heterocycles. The lowest BCUT2D eigenvalue weighted by Crippen LogP contribution is -2.38. The number of likely N-dealkylation sites (tertiary alicyclic amines) is 1. The maximum Gasteiger partial charge on any atom is 0.255 e. The Morgan fingerprint density at radius 1 is 1.18 bits per heavy atom. The average molecular weight is 272 g/mol. The highest BCUT2D eigenvalue weighted by Gasteiger charge is 2.23. The van der Waals surface area contributed by atoms with E-state index < -0.39 is 0 Å². The van der Waals surface area contributed by atoms with Gasteiger partial charge in [0.25, 0.3) is 5.91 Å². The van der Waals surface area contributed by atoms with Crippen molar-refractivity contribution >= 4 is 34.9 Å². The largest absolute Gasteiger partial charge is 0.338 e. The number of rotatable bonds is 1. The third-order valence-corrected chi connectivity index (χ3v) is 3.33. The summed E-state index contributed by atoms with van der Waals surface area (Å²) in [5, 5.41) is 0.863. The number of hydrogen-bond donors (Lipinski definition) is 0. The fourth-order valence-electron chi connectivity index (χ4n) is 1.79. The third kappa shape index (κ3) is 2.79. The minimum Gasteiger partial charge on any atom is -0.338 e. The molecular formula is C12H11Cl2NO2. The molecule has 3 nitrogen and oxygen atoms in total. The molecule has 1 saturated heterocycles. The van der Waals surface area contributed by atoms with Crippen molar-refractivity contribution in [2.75, 3.05) is 13.1 Å². The summed E-state index contributed by atoms with van der Waals surface area (Å²) in [7, 11) is 0. The molecule has 0 saturated carbocycles. The zero-order valence-corrected chi connectivity index (χ0v) is 10.6. The van der Waals surface area contributed by atoms with E-state index in [1.165, 1.54) is 0 Å². The van der Waals surface area contributed by atoms with E-state index in [1.807, 2.05) is 0 Å². The monoisotopic (exact) mass is 271 g/mol. The molecule has 2 rings (SSSR count). The van der Waals surface area contributed by atoms with Crippen molar-refractivity contribution in [3.05, 3.63) is 33.8 Å². The molecule has 1 aromatic carbocycles. The van der Waals surface area contributed by atoms with E-state index in [-0.39, 0.29) is 11.7 Å². The summed E-state index contributed by atoms with van der Waals surface area (Å²) in [5.74, 6) is 0.0382. The minimum absolute atomic E-state index is 0.162. The van der Waals surface area contributed by atoms with Crippen LogP contribution in [0.25, 0.3) is 0 Å². The summed E-state index contributed by atoms with van der Waals surface area (Å²) >= 11 is 11.8. The molecule has 0 radical (unpaired) electrons. The molecule has 1 aliphatic rings. The average Bonchev–Trinajstić information content (AvgIpc) is 2.32. The second-order valence-electron chi connectivity index (χ2n) is 3.96. The molecule has 0 aliphatic carbocycles. The van der Waals surface area contributed by atoms with Crippen molar-refractivity contribution in [2.24, 2.45) is 0 Å². The van der Waals surface area contributed by atoms with Gasteiger partial charge in [-0.1, -0.05) is 23.2 Å². The number of piperidine rings is 1. The van der Waals surface area contributed by atoms with Gasteiger partial charge < -0.3 is 4.90 Å². The molecule has 0 unspecified atom stereocenters. The molecule has 90 valence electrons. The highest BCUT2D eigenvalue weighted by atomic mass is 35.5. The van der Waals surface area contributed by atoms with Crippen LogP contribution in [0.5, 0.6) is 0 Å². The molecule has 0 aromatic heterocycles. The number of carbonyl (C=O) groups is 2. The van der Waals surface area contributed by atoms with Crippen LogP contribution in [0.2, 0.25) is 10.0 Å². The van der Waals surface area contributed by atoms with E-state index in [4.69, 9.17) is 23.2 Å². The Labute approximate surface area is 109 Å². The van der Waals surface area contributed by atoms with E-state index in [0.29, 0.717) is 41.5 Å². The van der Waals surface area contributed by atoms with Gasteiger partial charge >= 0.3 is 0 Å². The van der Waals surface area contributed by atoms with Crippen LogP contribution >= 0.6 is 23.2 Å². The summed E-state index contributed by atoms with van der Waals surface area (Å²) in [6, 6.07) is 4.80. The number of Topliss-reactive ketones (excluding diaryl/α,β-unsaturated/α-hetero) is 1. The molecule has 1 fully saturated rings. The highest BCUT2D eigenvalue weighted by molar-refractivity contribution is 6.35. The van der Waals surface area contributed by atoms with Crippen molar-refractivity contribution in [3.8, 4) is 0 Å². The SMILES string of the molecule is O=C1CCN(C(=O)c2cc(Cl)ccc2Cl)CC1. The van der Waals surface area contributed by atoms with Gasteiger partial charge in [-0.3, -0.25) is 9.59 Å². The van der Waals surface area contributed by atoms with Crippen molar-refractivity contribution in [1.82, 2.24) is 4.90 Å². The predicted octanol–water partition coefficient (Wildman–Crippen LogP) is 2.80. The molecule has 0 N–H and O–H groups in total. The summed E-state index contributed by atoms with van der Waals surface area (Å²) < 4.78 is 0. The summed E-state index contributed by atoms with van der Waals surface area (Å²) in [6.07, 6.45) is 0.841. The van der Waals surface area contributed by atoms with Gasteiger partial charge in [-0.15, -0.1) is 0 Å². The Morgan fingerprint density at radius 2 is 1.82 bits per heavy atom. The van der Waals surface area contributed by atoms with Crippen molar-refractivity contribution < 1.29 is 9.59 Å². The number of amides is 1. The topological polar surface area (TPSA) is 37.4 Å². The van der Waals surface area contributed by atoms with Crippen LogP contribution in [0, 0.1) is 0 Å². The van der Waals surface area contributed by atoms with Gasteiger partial charge in [0.2, 0.25) is 0 Å². The Morgan fingerprint density at radius 3 is 2.47 bits per heavy atom. The first-order valence-corrected chi connectivity index (χ1v) is 6.09. The Kier molecular flexibility index (Phi) is 3.69. The highest BCUT2D eigenvalue weighted by Crippen LogP contribution is 2.23. The predicted molar refractivity (Wildman–Crippen MR) is 66.6 cm³/mol. The van der Waals surface area contributed by atoms with Crippen LogP contribution in [-0.2, 0) is 4.79 Å². The van der Waals surface area contributed by atoms with Crippen LogP contribution in [0.3, 0.4) is 0 Å². The van der Waals surface area contributed by atoms with Gasteiger partial charge in [0, 0.05) is 31.0 Å². The second kappa shape index (κ2) is 5.07. The first-order chi connectivity index (χ1) is 8.08. The van der Waals surface area contributed by atoms with Gasteiger partial charge in [-0.05, 0) is 18.2 Å². The van der Waals surface area contributed by atoms with Gasteiger partial charge in [0.1, 0.15) is 5.78 Å². The smallest absolute Gasteiger partial charge is 0.255 e. The zero-order chi connectivity index (χ0) is 12.4. The van der Waals surface area contributed by atoms with Gasteiger partial charge in [-0.25, -0.2) is 0 Å². The van der Waals surface area contributed by atoms with Crippen LogP contribution in [0.15, 0.2) is 18.2 Å². The molecule has 17 heavy (non-hydrogen) atoms. The molecule has 0 spiro atoms. The zero-order valence-electron chi connectivity index (χ0n) is 9.08. The first-order valence-electron chi connectivity index (χ1n) is 5.34. The van der Waals surface area contributed by atoms with E-state index in [0.717, 1.165) is 0 Å². The van der Waals surface area contributed by atoms with Gasteiger partial charge in [-0.2, -0.15) is 0 Å². The van der Waals surface area contributed by atoms with E-state index in [1.54, 1.807) is 23.1 Å². The van der Waals surface area contributed by atoms with Crippen LogP contribution in [0.1, 0.15) is 23.2 Å². The molecule has 1 aromatic rings. The number of halogens is 2. The van der Waals surface area contributed by atoms with E-state index in [9.17, 15) is 9.59 Å². The molecule has 0 atom stereocenters. The van der Waals surface area contributed by atoms with Crippen molar-refractivity contribution in [1.29, 1.82) is 0 Å². The fourth-order valence-corrected chi connectivity index (χ4v) is 2.16. The van der Waals surface area contributed by atoms with Gasteiger partial charge in [0.15, 0.2) is 0 Å². The lowest BCUT2D eigenvalue weighted by atomic mass is 10.1. The lowest BCUT2D eigenvalue weighted by Gasteiger charge is -2.26. The quantitative estimate of drug-likeness (QED) is 0.788. The van der Waals surface area contributed by atoms with E-state index >= 15 is 0 Å². The van der Waals surface area contributed by atoms with Gasteiger partial charge in [0.05, 0.1) is 10.6 Å². The third-order valence-electron chi connectivity index (χ3n) is 2.77. The molecule has 0 bridgehead atoms. The Balaban J connectivity index is 2.19. The van der Waals surface area contributed by atoms with Crippen LogP contribution in [0.4, 0.5) is 0 Å². The fraction of sp³-hybridized carbons (Fsp3) is 0.333. The van der Waals surface area contributed by atoms with Crippen molar-refractivity contribution in [3.63, 3.8) is 0 Å². The molecule has 5 heteroatoms. The Bertz CT molecular complexity index is 464. The molecular weight excluding hydrogens is 261 g/mol. The summed E-state index contributed by atoms with van der Waals surface area (Å²) in [4.78, 5) is 24.9. The number of carbonyl (C=O) groups excluding carboxylic acids is 2. The molecule has 1 amide bonds. The minimum atomic E-state index is -0.162. The number of nitrogens with zero attached hydrogens (tertiary/aromatic N) is 1. The lowest BCUT2D eigenvalue weighted by molar-refractivity contribution is -0.120. The second-order valence-corrected chi connectivity index (χ2v) is 4.80.